The van der Waals surface area contributed by atoms with Crippen molar-refractivity contribution in [3.05, 3.63) is 77.0 Å². The SMILES string of the molecule is Fc1cc(-c2noc(-c3ncn4c3CO[C@@H](c3ccccc3)C4)n2)ccc1Cl. The van der Waals surface area contributed by atoms with Crippen molar-refractivity contribution >= 4 is 11.6 Å². The largest absolute Gasteiger partial charge is 0.365 e. The first-order valence-corrected chi connectivity index (χ1v) is 9.07. The van der Waals surface area contributed by atoms with Gasteiger partial charge in [0.25, 0.3) is 5.89 Å². The third kappa shape index (κ3) is 2.98. The quantitative estimate of drug-likeness (QED) is 0.503. The van der Waals surface area contributed by atoms with Gasteiger partial charge >= 0.3 is 0 Å². The Morgan fingerprint density at radius 2 is 2.00 bits per heavy atom. The minimum Gasteiger partial charge on any atom is -0.365 e. The summed E-state index contributed by atoms with van der Waals surface area (Å²) >= 11 is 5.72. The zero-order valence-corrected chi connectivity index (χ0v) is 15.3. The highest BCUT2D eigenvalue weighted by Gasteiger charge is 2.26. The van der Waals surface area contributed by atoms with Gasteiger partial charge in [0, 0.05) is 5.56 Å². The first-order chi connectivity index (χ1) is 13.7. The number of hydrogen-bond acceptors (Lipinski definition) is 5. The van der Waals surface area contributed by atoms with E-state index < -0.39 is 5.82 Å². The molecule has 1 atom stereocenters. The monoisotopic (exact) mass is 396 g/mol. The van der Waals surface area contributed by atoms with Gasteiger partial charge in [-0.25, -0.2) is 9.37 Å². The van der Waals surface area contributed by atoms with Gasteiger partial charge in [0.05, 0.1) is 30.2 Å². The maximum Gasteiger partial charge on any atom is 0.278 e. The van der Waals surface area contributed by atoms with Crippen molar-refractivity contribution in [2.75, 3.05) is 0 Å². The molecule has 0 unspecified atom stereocenters. The van der Waals surface area contributed by atoms with E-state index in [9.17, 15) is 4.39 Å². The van der Waals surface area contributed by atoms with Gasteiger partial charge in [0.1, 0.15) is 11.9 Å². The van der Waals surface area contributed by atoms with Crippen LogP contribution in [0.1, 0.15) is 17.4 Å². The van der Waals surface area contributed by atoms with Crippen molar-refractivity contribution in [2.24, 2.45) is 0 Å². The number of halogens is 2. The molecule has 0 saturated heterocycles. The second kappa shape index (κ2) is 6.85. The van der Waals surface area contributed by atoms with Gasteiger partial charge in [-0.05, 0) is 23.8 Å². The standard InChI is InChI=1S/C20H14ClFN4O2/c21-14-7-6-13(8-15(14)22)19-24-20(28-25-19)18-16-10-27-17(9-26(16)11-23-18)12-4-2-1-3-5-12/h1-8,11,17H,9-10H2/t17-/m1/s1. The summed E-state index contributed by atoms with van der Waals surface area (Å²) in [6.07, 6.45) is 1.71. The molecule has 0 bridgehead atoms. The topological polar surface area (TPSA) is 66.0 Å². The van der Waals surface area contributed by atoms with Gasteiger partial charge in [-0.1, -0.05) is 47.1 Å². The summed E-state index contributed by atoms with van der Waals surface area (Å²) in [5.41, 5.74) is 3.03. The summed E-state index contributed by atoms with van der Waals surface area (Å²) < 4.78 is 27.1. The first kappa shape index (κ1) is 17.1. The second-order valence-electron chi connectivity index (χ2n) is 6.45. The molecule has 3 heterocycles. The van der Waals surface area contributed by atoms with Gasteiger partial charge in [-0.3, -0.25) is 0 Å². The zero-order valence-electron chi connectivity index (χ0n) is 14.5. The van der Waals surface area contributed by atoms with Crippen molar-refractivity contribution in [3.8, 4) is 23.0 Å². The molecule has 8 heteroatoms. The van der Waals surface area contributed by atoms with E-state index in [2.05, 4.69) is 15.1 Å². The highest BCUT2D eigenvalue weighted by molar-refractivity contribution is 6.30. The number of aromatic nitrogens is 4. The molecular weight excluding hydrogens is 383 g/mol. The minimum atomic E-state index is -0.537. The summed E-state index contributed by atoms with van der Waals surface area (Å²) in [5, 5.41) is 3.98. The Morgan fingerprint density at radius 1 is 1.14 bits per heavy atom. The van der Waals surface area contributed by atoms with Crippen molar-refractivity contribution in [1.29, 1.82) is 0 Å². The van der Waals surface area contributed by atoms with Gasteiger partial charge in [0.2, 0.25) is 5.82 Å². The highest BCUT2D eigenvalue weighted by Crippen LogP contribution is 2.32. The molecule has 0 saturated carbocycles. The van der Waals surface area contributed by atoms with Crippen LogP contribution in [-0.4, -0.2) is 19.7 Å². The van der Waals surface area contributed by atoms with Gasteiger partial charge < -0.3 is 13.8 Å². The van der Waals surface area contributed by atoms with E-state index >= 15 is 0 Å². The number of hydrogen-bond donors (Lipinski definition) is 0. The third-order valence-electron chi connectivity index (χ3n) is 4.71. The molecule has 4 aromatic rings. The number of imidazole rings is 1. The molecule has 28 heavy (non-hydrogen) atoms. The molecule has 2 aromatic carbocycles. The van der Waals surface area contributed by atoms with Gasteiger partial charge in [-0.15, -0.1) is 0 Å². The van der Waals surface area contributed by atoms with Crippen LogP contribution in [0.25, 0.3) is 23.0 Å². The van der Waals surface area contributed by atoms with E-state index in [1.54, 1.807) is 12.4 Å². The number of fused-ring (bicyclic) bond motifs is 1. The molecule has 0 fully saturated rings. The zero-order chi connectivity index (χ0) is 19.1. The molecule has 0 radical (unpaired) electrons. The smallest absolute Gasteiger partial charge is 0.278 e. The minimum absolute atomic E-state index is 0.0361. The first-order valence-electron chi connectivity index (χ1n) is 8.69. The lowest BCUT2D eigenvalue weighted by molar-refractivity contribution is 0.00330. The molecule has 2 aromatic heterocycles. The number of benzene rings is 2. The fourth-order valence-corrected chi connectivity index (χ4v) is 3.36. The molecule has 0 spiro atoms. The van der Waals surface area contributed by atoms with E-state index in [1.807, 2.05) is 34.9 Å². The van der Waals surface area contributed by atoms with Crippen LogP contribution < -0.4 is 0 Å². The van der Waals surface area contributed by atoms with E-state index in [0.29, 0.717) is 24.4 Å². The maximum atomic E-state index is 13.7. The van der Waals surface area contributed by atoms with Crippen LogP contribution in [0.3, 0.4) is 0 Å². The lowest BCUT2D eigenvalue weighted by Gasteiger charge is -2.25. The maximum absolute atomic E-state index is 13.7. The van der Waals surface area contributed by atoms with Crippen LogP contribution in [0.15, 0.2) is 59.4 Å². The van der Waals surface area contributed by atoms with Crippen LogP contribution >= 0.6 is 11.6 Å². The average Bonchev–Trinajstić information content (AvgIpc) is 3.37. The van der Waals surface area contributed by atoms with E-state index in [1.165, 1.54) is 12.1 Å². The van der Waals surface area contributed by atoms with E-state index in [0.717, 1.165) is 11.3 Å². The fourth-order valence-electron chi connectivity index (χ4n) is 3.25. The van der Waals surface area contributed by atoms with Crippen LogP contribution in [0.4, 0.5) is 4.39 Å². The number of ether oxygens (including phenoxy) is 1. The van der Waals surface area contributed by atoms with E-state index in [-0.39, 0.29) is 22.8 Å². The Kier molecular flexibility index (Phi) is 4.18. The number of rotatable bonds is 3. The number of nitrogens with zero attached hydrogens (tertiary/aromatic N) is 4. The third-order valence-corrected chi connectivity index (χ3v) is 5.01. The highest BCUT2D eigenvalue weighted by atomic mass is 35.5. The van der Waals surface area contributed by atoms with Crippen LogP contribution in [-0.2, 0) is 17.9 Å². The normalized spacial score (nSPS) is 16.1. The molecule has 0 amide bonds. The molecule has 140 valence electrons. The molecular formula is C20H14ClFN4O2. The molecule has 6 nitrogen and oxygen atoms in total. The Labute approximate surface area is 164 Å². The molecule has 5 rings (SSSR count). The van der Waals surface area contributed by atoms with Crippen LogP contribution in [0.5, 0.6) is 0 Å². The van der Waals surface area contributed by atoms with Crippen LogP contribution in [0.2, 0.25) is 5.02 Å². The molecule has 1 aliphatic rings. The summed E-state index contributed by atoms with van der Waals surface area (Å²) in [6.45, 7) is 1.03. The van der Waals surface area contributed by atoms with Crippen molar-refractivity contribution in [3.63, 3.8) is 0 Å². The summed E-state index contributed by atoms with van der Waals surface area (Å²) in [5.74, 6) is -0.00248. The molecule has 0 N–H and O–H groups in total. The Morgan fingerprint density at radius 3 is 2.82 bits per heavy atom. The second-order valence-corrected chi connectivity index (χ2v) is 6.86. The summed E-state index contributed by atoms with van der Waals surface area (Å²) in [7, 11) is 0. The Bertz CT molecular complexity index is 1140. The summed E-state index contributed by atoms with van der Waals surface area (Å²) in [4.78, 5) is 8.79. The Balaban J connectivity index is 1.43. The molecule has 1 aliphatic heterocycles. The van der Waals surface area contributed by atoms with Crippen molar-refractivity contribution < 1.29 is 13.7 Å². The lowest BCUT2D eigenvalue weighted by atomic mass is 10.1. The Hall–Kier alpha value is -3.03. The predicted octanol–water partition coefficient (Wildman–Crippen LogP) is 4.66. The predicted molar refractivity (Wildman–Crippen MR) is 99.9 cm³/mol. The fraction of sp³-hybridized carbons (Fsp3) is 0.150. The average molecular weight is 397 g/mol. The van der Waals surface area contributed by atoms with Crippen LogP contribution in [0, 0.1) is 5.82 Å². The van der Waals surface area contributed by atoms with E-state index in [4.69, 9.17) is 20.9 Å². The summed E-state index contributed by atoms with van der Waals surface area (Å²) in [6, 6.07) is 14.4. The molecule has 0 aliphatic carbocycles. The van der Waals surface area contributed by atoms with Gasteiger partial charge in [-0.2, -0.15) is 4.98 Å². The lowest BCUT2D eigenvalue weighted by Crippen LogP contribution is -2.20. The van der Waals surface area contributed by atoms with Crippen molar-refractivity contribution in [1.82, 2.24) is 19.7 Å². The van der Waals surface area contributed by atoms with Gasteiger partial charge in [0.15, 0.2) is 5.69 Å². The van der Waals surface area contributed by atoms with Crippen molar-refractivity contribution in [2.45, 2.75) is 19.3 Å².